The van der Waals surface area contributed by atoms with Gasteiger partial charge < -0.3 is 28.8 Å². The number of aromatic hydroxyl groups is 1. The van der Waals surface area contributed by atoms with Gasteiger partial charge in [-0.05, 0) is 110 Å². The molecule has 45 heavy (non-hydrogen) atoms. The maximum absolute atomic E-state index is 10.7. The zero-order valence-electron chi connectivity index (χ0n) is 26.6. The van der Waals surface area contributed by atoms with Gasteiger partial charge in [0, 0.05) is 30.7 Å². The number of methoxy groups -OCH3 is 3. The molecule has 1 unspecified atom stereocenters. The van der Waals surface area contributed by atoms with Crippen LogP contribution in [0.15, 0.2) is 60.7 Å². The minimum Gasteiger partial charge on any atom is -0.504 e. The Bertz CT molecular complexity index is 1740. The Labute approximate surface area is 264 Å². The fourth-order valence-corrected chi connectivity index (χ4v) is 7.11. The fraction of sp³-hybridized carbons (Fsp3) is 0.351. The van der Waals surface area contributed by atoms with Crippen LogP contribution in [0.5, 0.6) is 46.0 Å². The highest BCUT2D eigenvalue weighted by molar-refractivity contribution is 5.63. The lowest BCUT2D eigenvalue weighted by atomic mass is 9.87. The van der Waals surface area contributed by atoms with E-state index in [1.165, 1.54) is 16.7 Å². The van der Waals surface area contributed by atoms with E-state index in [0.717, 1.165) is 55.5 Å². The first-order valence-electron chi connectivity index (χ1n) is 15.5. The summed E-state index contributed by atoms with van der Waals surface area (Å²) in [6.07, 6.45) is 3.25. The number of ether oxygens (including phenoxy) is 5. The van der Waals surface area contributed by atoms with Gasteiger partial charge >= 0.3 is 0 Å². The molecule has 0 aliphatic carbocycles. The molecule has 0 spiro atoms. The van der Waals surface area contributed by atoms with Gasteiger partial charge in [0.15, 0.2) is 34.5 Å². The van der Waals surface area contributed by atoms with Crippen LogP contribution in [0.4, 0.5) is 0 Å². The molecule has 4 heterocycles. The van der Waals surface area contributed by atoms with Gasteiger partial charge in [-0.2, -0.15) is 0 Å². The lowest BCUT2D eigenvalue weighted by Crippen LogP contribution is -2.34. The first-order valence-corrected chi connectivity index (χ1v) is 15.5. The Morgan fingerprint density at radius 1 is 0.689 bits per heavy atom. The SMILES string of the molecule is COc1cc2c3cc1Oc1c(OC)c(OC)cc4c1[C@H](Cc1ccc(cc1)Oc1cc(ccc1O)CC3N(C)CC2)N(C)CC4. The average molecular weight is 609 g/mol. The van der Waals surface area contributed by atoms with Gasteiger partial charge in [-0.15, -0.1) is 0 Å². The maximum atomic E-state index is 10.7. The van der Waals surface area contributed by atoms with Crippen molar-refractivity contribution < 1.29 is 28.8 Å². The van der Waals surface area contributed by atoms with Crippen molar-refractivity contribution in [2.45, 2.75) is 37.8 Å². The van der Waals surface area contributed by atoms with Crippen LogP contribution in [0.3, 0.4) is 0 Å². The first kappa shape index (κ1) is 29.3. The standard InChI is InChI=1S/C37H40N2O6/c1-38-14-12-24-19-32(41-3)33-21-27(24)28(38)17-23-8-11-30(40)31(18-23)44-26-9-6-22(7-10-26)16-29-35-25(13-15-39(29)2)20-34(42-4)36(43-5)37(35)45-33/h6-11,18-21,28-29,40H,12-17H2,1-5H3/t28?,29-/m0/s1. The van der Waals surface area contributed by atoms with Gasteiger partial charge in [0.05, 0.1) is 21.3 Å². The fourth-order valence-electron chi connectivity index (χ4n) is 7.11. The second-order valence-electron chi connectivity index (χ2n) is 12.3. The lowest BCUT2D eigenvalue weighted by molar-refractivity contribution is 0.220. The van der Waals surface area contributed by atoms with Crippen molar-refractivity contribution in [3.05, 3.63) is 94.0 Å². The second-order valence-corrected chi connectivity index (χ2v) is 12.3. The van der Waals surface area contributed by atoms with E-state index in [0.29, 0.717) is 40.2 Å². The molecule has 6 bridgehead atoms. The molecule has 1 N–H and O–H groups in total. The molecule has 8 rings (SSSR count). The van der Waals surface area contributed by atoms with Gasteiger partial charge in [-0.1, -0.05) is 18.2 Å². The molecule has 0 fully saturated rings. The molecule has 8 nitrogen and oxygen atoms in total. The summed E-state index contributed by atoms with van der Waals surface area (Å²) in [5.41, 5.74) is 6.93. The van der Waals surface area contributed by atoms with Crippen molar-refractivity contribution in [1.82, 2.24) is 9.80 Å². The molecule has 0 radical (unpaired) electrons. The molecule has 4 aromatic carbocycles. The minimum atomic E-state index is 0.0254. The molecule has 0 amide bonds. The summed E-state index contributed by atoms with van der Waals surface area (Å²) in [6, 6.07) is 20.2. The topological polar surface area (TPSA) is 72.9 Å². The van der Waals surface area contributed by atoms with Crippen molar-refractivity contribution in [3.63, 3.8) is 0 Å². The van der Waals surface area contributed by atoms with Crippen LogP contribution in [0.2, 0.25) is 0 Å². The van der Waals surface area contributed by atoms with E-state index in [9.17, 15) is 5.11 Å². The van der Waals surface area contributed by atoms with Crippen LogP contribution in [-0.2, 0) is 25.7 Å². The number of rotatable bonds is 3. The van der Waals surface area contributed by atoms with Gasteiger partial charge in [-0.25, -0.2) is 0 Å². The molecule has 234 valence electrons. The van der Waals surface area contributed by atoms with Crippen molar-refractivity contribution in [3.8, 4) is 46.0 Å². The third-order valence-electron chi connectivity index (χ3n) is 9.64. The Kier molecular flexibility index (Phi) is 7.71. The average Bonchev–Trinajstić information content (AvgIpc) is 3.05. The van der Waals surface area contributed by atoms with Crippen LogP contribution in [0, 0.1) is 0 Å². The molecule has 4 aliphatic rings. The molecule has 2 atom stereocenters. The van der Waals surface area contributed by atoms with E-state index < -0.39 is 0 Å². The predicted molar refractivity (Wildman–Crippen MR) is 173 cm³/mol. The predicted octanol–water partition coefficient (Wildman–Crippen LogP) is 6.86. The second kappa shape index (κ2) is 11.8. The summed E-state index contributed by atoms with van der Waals surface area (Å²) < 4.78 is 31.0. The van der Waals surface area contributed by atoms with Gasteiger partial charge in [-0.3, -0.25) is 9.80 Å². The molecule has 8 heteroatoms. The lowest BCUT2D eigenvalue weighted by Gasteiger charge is -2.37. The van der Waals surface area contributed by atoms with E-state index in [1.807, 2.05) is 24.3 Å². The molecule has 0 saturated carbocycles. The zero-order valence-corrected chi connectivity index (χ0v) is 26.6. The van der Waals surface area contributed by atoms with Crippen LogP contribution in [0.25, 0.3) is 0 Å². The van der Waals surface area contributed by atoms with Crippen LogP contribution < -0.4 is 23.7 Å². The Hall–Kier alpha value is -4.40. The smallest absolute Gasteiger partial charge is 0.204 e. The van der Waals surface area contributed by atoms with E-state index in [-0.39, 0.29) is 17.8 Å². The van der Waals surface area contributed by atoms with Crippen LogP contribution in [0.1, 0.15) is 45.5 Å². The van der Waals surface area contributed by atoms with E-state index in [4.69, 9.17) is 23.7 Å². The third kappa shape index (κ3) is 5.32. The molecule has 4 aliphatic heterocycles. The normalized spacial score (nSPS) is 19.4. The number of hydrogen-bond acceptors (Lipinski definition) is 8. The maximum Gasteiger partial charge on any atom is 0.204 e. The number of hydrogen-bond donors (Lipinski definition) is 1. The summed E-state index contributed by atoms with van der Waals surface area (Å²) >= 11 is 0. The van der Waals surface area contributed by atoms with E-state index in [1.54, 1.807) is 27.4 Å². The van der Waals surface area contributed by atoms with Crippen molar-refractivity contribution >= 4 is 0 Å². The van der Waals surface area contributed by atoms with Gasteiger partial charge in [0.2, 0.25) is 5.75 Å². The van der Waals surface area contributed by atoms with Gasteiger partial charge in [0.25, 0.3) is 0 Å². The zero-order chi connectivity index (χ0) is 31.2. The summed E-state index contributed by atoms with van der Waals surface area (Å²) in [5, 5.41) is 10.7. The van der Waals surface area contributed by atoms with Crippen molar-refractivity contribution in [2.24, 2.45) is 0 Å². The number of likely N-dealkylation sites (N-methyl/N-ethyl adjacent to an activating group) is 2. The highest BCUT2D eigenvalue weighted by Gasteiger charge is 2.34. The third-order valence-corrected chi connectivity index (χ3v) is 9.64. The van der Waals surface area contributed by atoms with Crippen molar-refractivity contribution in [1.29, 1.82) is 0 Å². The van der Waals surface area contributed by atoms with Crippen LogP contribution >= 0.6 is 0 Å². The molecule has 0 saturated heterocycles. The molecule has 4 aromatic rings. The molecular weight excluding hydrogens is 568 g/mol. The summed E-state index contributed by atoms with van der Waals surface area (Å²) in [5.74, 6) is 4.44. The monoisotopic (exact) mass is 608 g/mol. The Balaban J connectivity index is 1.46. The Morgan fingerprint density at radius 2 is 1.36 bits per heavy atom. The largest absolute Gasteiger partial charge is 0.504 e. The first-order chi connectivity index (χ1) is 21.9. The number of phenolic OH excluding ortho intramolecular Hbond substituents is 1. The summed E-state index contributed by atoms with van der Waals surface area (Å²) in [4.78, 5) is 4.75. The molecule has 0 aromatic heterocycles. The minimum absolute atomic E-state index is 0.0254. The summed E-state index contributed by atoms with van der Waals surface area (Å²) in [7, 11) is 9.34. The van der Waals surface area contributed by atoms with E-state index in [2.05, 4.69) is 54.2 Å². The van der Waals surface area contributed by atoms with E-state index >= 15 is 0 Å². The Morgan fingerprint density at radius 3 is 2.09 bits per heavy atom. The number of nitrogens with zero attached hydrogens (tertiary/aromatic N) is 2. The number of benzene rings is 4. The quantitative estimate of drug-likeness (QED) is 0.271. The number of phenols is 1. The number of fused-ring (bicyclic) bond motifs is 2. The van der Waals surface area contributed by atoms with Crippen molar-refractivity contribution in [2.75, 3.05) is 48.5 Å². The summed E-state index contributed by atoms with van der Waals surface area (Å²) in [6.45, 7) is 1.82. The highest BCUT2D eigenvalue weighted by atomic mass is 16.5. The molecular formula is C37H40N2O6. The van der Waals surface area contributed by atoms with Gasteiger partial charge in [0.1, 0.15) is 5.75 Å². The highest BCUT2D eigenvalue weighted by Crippen LogP contribution is 2.51. The van der Waals surface area contributed by atoms with Crippen LogP contribution in [-0.4, -0.2) is 63.4 Å².